The van der Waals surface area contributed by atoms with Gasteiger partial charge < -0.3 is 4.90 Å². The highest BCUT2D eigenvalue weighted by atomic mass is 16.2. The van der Waals surface area contributed by atoms with Gasteiger partial charge in [0.25, 0.3) is 0 Å². The average molecular weight is 265 g/mol. The third-order valence-corrected chi connectivity index (χ3v) is 4.10. The molecule has 3 rings (SSSR count). The number of amides is 1. The van der Waals surface area contributed by atoms with Crippen LogP contribution in [0.1, 0.15) is 36.5 Å². The third kappa shape index (κ3) is 2.22. The Morgan fingerprint density at radius 2 is 1.70 bits per heavy atom. The van der Waals surface area contributed by atoms with Gasteiger partial charge in [-0.1, -0.05) is 49.4 Å². The summed E-state index contributed by atoms with van der Waals surface area (Å²) >= 11 is 0. The Morgan fingerprint density at radius 1 is 1.05 bits per heavy atom. The molecule has 2 aromatic rings. The Kier molecular flexibility index (Phi) is 3.31. The van der Waals surface area contributed by atoms with Crippen LogP contribution in [-0.4, -0.2) is 5.91 Å². The normalized spacial score (nSPS) is 17.7. The van der Waals surface area contributed by atoms with E-state index in [0.717, 1.165) is 12.1 Å². The molecule has 0 aliphatic carbocycles. The highest BCUT2D eigenvalue weighted by Gasteiger charge is 2.22. The van der Waals surface area contributed by atoms with Crippen molar-refractivity contribution in [2.75, 3.05) is 4.90 Å². The number of nitrogens with zero attached hydrogens (tertiary/aromatic N) is 1. The summed E-state index contributed by atoms with van der Waals surface area (Å²) in [5.41, 5.74) is 4.92. The molecule has 0 saturated heterocycles. The van der Waals surface area contributed by atoms with E-state index in [9.17, 15) is 4.79 Å². The molecule has 0 bridgehead atoms. The molecule has 0 aromatic heterocycles. The molecule has 1 amide bonds. The summed E-state index contributed by atoms with van der Waals surface area (Å²) in [6, 6.07) is 16.7. The van der Waals surface area contributed by atoms with E-state index >= 15 is 0 Å². The fourth-order valence-electron chi connectivity index (χ4n) is 3.08. The van der Waals surface area contributed by atoms with Crippen molar-refractivity contribution in [2.45, 2.75) is 32.7 Å². The largest absolute Gasteiger partial charge is 0.308 e. The number of hydrogen-bond donors (Lipinski definition) is 0. The van der Waals surface area contributed by atoms with Crippen molar-refractivity contribution in [3.8, 4) is 0 Å². The van der Waals surface area contributed by atoms with Gasteiger partial charge in [-0.25, -0.2) is 0 Å². The lowest BCUT2D eigenvalue weighted by Gasteiger charge is -2.30. The van der Waals surface area contributed by atoms with Crippen LogP contribution in [0.3, 0.4) is 0 Å². The lowest BCUT2D eigenvalue weighted by molar-refractivity contribution is -0.116. The van der Waals surface area contributed by atoms with Crippen LogP contribution in [-0.2, 0) is 17.8 Å². The first-order chi connectivity index (χ1) is 9.66. The number of rotatable bonds is 0. The van der Waals surface area contributed by atoms with E-state index < -0.39 is 0 Å². The second-order valence-electron chi connectivity index (χ2n) is 5.54. The minimum atomic E-state index is 0.0989. The Balaban J connectivity index is 2.14. The smallest absolute Gasteiger partial charge is 0.224 e. The average Bonchev–Trinajstić information content (AvgIpc) is 2.44. The van der Waals surface area contributed by atoms with Gasteiger partial charge in [0, 0.05) is 12.6 Å². The predicted molar refractivity (Wildman–Crippen MR) is 81.9 cm³/mol. The molecule has 1 heterocycles. The molecule has 20 heavy (non-hydrogen) atoms. The maximum Gasteiger partial charge on any atom is 0.224 e. The van der Waals surface area contributed by atoms with Crippen LogP contribution in [0, 0.1) is 0 Å². The van der Waals surface area contributed by atoms with Gasteiger partial charge in [0.2, 0.25) is 5.91 Å². The zero-order chi connectivity index (χ0) is 14.1. The molecule has 0 saturated carbocycles. The van der Waals surface area contributed by atoms with E-state index in [2.05, 4.69) is 49.4 Å². The van der Waals surface area contributed by atoms with Gasteiger partial charge in [0.1, 0.15) is 0 Å². The first kappa shape index (κ1) is 12.9. The van der Waals surface area contributed by atoms with Crippen LogP contribution in [0.5, 0.6) is 0 Å². The molecule has 1 atom stereocenters. The lowest BCUT2D eigenvalue weighted by Crippen LogP contribution is -2.30. The molecule has 1 aliphatic rings. The number of carbonyl (C=O) groups excluding carboxylic acids is 1. The van der Waals surface area contributed by atoms with Crippen LogP contribution in [0.15, 0.2) is 48.5 Å². The second-order valence-corrected chi connectivity index (χ2v) is 5.54. The molecule has 0 radical (unpaired) electrons. The minimum absolute atomic E-state index is 0.0989. The van der Waals surface area contributed by atoms with Gasteiger partial charge in [-0.3, -0.25) is 4.79 Å². The highest BCUT2D eigenvalue weighted by molar-refractivity contribution is 5.92. The summed E-state index contributed by atoms with van der Waals surface area (Å²) in [6.45, 7) is 4.57. The second kappa shape index (κ2) is 5.12. The predicted octanol–water partition coefficient (Wildman–Crippen LogP) is 3.90. The van der Waals surface area contributed by atoms with E-state index in [1.54, 1.807) is 6.92 Å². The van der Waals surface area contributed by atoms with E-state index in [1.807, 2.05) is 11.0 Å². The summed E-state index contributed by atoms with van der Waals surface area (Å²) in [5.74, 6) is 0.572. The molecular formula is C18H19NO. The quantitative estimate of drug-likeness (QED) is 0.707. The molecule has 102 valence electrons. The minimum Gasteiger partial charge on any atom is -0.308 e. The van der Waals surface area contributed by atoms with Crippen LogP contribution in [0.2, 0.25) is 0 Å². The van der Waals surface area contributed by atoms with Crippen molar-refractivity contribution in [1.82, 2.24) is 0 Å². The maximum absolute atomic E-state index is 12.0. The van der Waals surface area contributed by atoms with Gasteiger partial charge in [-0.2, -0.15) is 0 Å². The van der Waals surface area contributed by atoms with Crippen molar-refractivity contribution in [3.63, 3.8) is 0 Å². The van der Waals surface area contributed by atoms with Gasteiger partial charge in [-0.05, 0) is 35.1 Å². The zero-order valence-electron chi connectivity index (χ0n) is 12.0. The topological polar surface area (TPSA) is 20.3 Å². The Bertz CT molecular complexity index is 647. The van der Waals surface area contributed by atoms with E-state index in [1.165, 1.54) is 16.7 Å². The van der Waals surface area contributed by atoms with Crippen LogP contribution in [0.4, 0.5) is 5.69 Å². The molecule has 1 unspecified atom stereocenters. The molecule has 0 fully saturated rings. The van der Waals surface area contributed by atoms with Crippen molar-refractivity contribution < 1.29 is 4.79 Å². The summed E-state index contributed by atoms with van der Waals surface area (Å²) in [5, 5.41) is 0. The number of fused-ring (bicyclic) bond motifs is 2. The fourth-order valence-corrected chi connectivity index (χ4v) is 3.08. The molecule has 2 heteroatoms. The molecule has 2 nitrogen and oxygen atoms in total. The first-order valence-electron chi connectivity index (χ1n) is 7.10. The van der Waals surface area contributed by atoms with Crippen molar-refractivity contribution in [2.24, 2.45) is 0 Å². The van der Waals surface area contributed by atoms with Gasteiger partial charge in [0.15, 0.2) is 0 Å². The van der Waals surface area contributed by atoms with Crippen LogP contribution in [0.25, 0.3) is 0 Å². The lowest BCUT2D eigenvalue weighted by atomic mass is 9.87. The molecule has 1 aliphatic heterocycles. The number of benzene rings is 2. The molecule has 0 N–H and O–H groups in total. The Morgan fingerprint density at radius 3 is 2.45 bits per heavy atom. The van der Waals surface area contributed by atoms with Crippen LogP contribution >= 0.6 is 0 Å². The fraction of sp³-hybridized carbons (Fsp3) is 0.278. The van der Waals surface area contributed by atoms with Gasteiger partial charge in [-0.15, -0.1) is 0 Å². The summed E-state index contributed by atoms with van der Waals surface area (Å²) in [4.78, 5) is 13.9. The van der Waals surface area contributed by atoms with Gasteiger partial charge >= 0.3 is 0 Å². The summed E-state index contributed by atoms with van der Waals surface area (Å²) < 4.78 is 0. The highest BCUT2D eigenvalue weighted by Crippen LogP contribution is 2.33. The Labute approximate surface area is 120 Å². The van der Waals surface area contributed by atoms with Gasteiger partial charge in [0.05, 0.1) is 6.54 Å². The maximum atomic E-state index is 12.0. The van der Waals surface area contributed by atoms with Crippen molar-refractivity contribution in [3.05, 3.63) is 65.2 Å². The number of hydrogen-bond acceptors (Lipinski definition) is 1. The number of carbonyl (C=O) groups is 1. The summed E-state index contributed by atoms with van der Waals surface area (Å²) in [6.07, 6.45) is 0.969. The van der Waals surface area contributed by atoms with Crippen LogP contribution < -0.4 is 4.90 Å². The molecule has 2 aromatic carbocycles. The molecule has 0 spiro atoms. The first-order valence-corrected chi connectivity index (χ1v) is 7.10. The Hall–Kier alpha value is -2.09. The summed E-state index contributed by atoms with van der Waals surface area (Å²) in [7, 11) is 0. The zero-order valence-corrected chi connectivity index (χ0v) is 12.0. The van der Waals surface area contributed by atoms with Crippen molar-refractivity contribution >= 4 is 11.6 Å². The SMILES string of the molecule is CC(=O)N1Cc2ccccc2C(C)Cc2ccccc21. The van der Waals surface area contributed by atoms with E-state index in [-0.39, 0.29) is 5.91 Å². The van der Waals surface area contributed by atoms with E-state index in [4.69, 9.17) is 0 Å². The van der Waals surface area contributed by atoms with Crippen molar-refractivity contribution in [1.29, 1.82) is 0 Å². The third-order valence-electron chi connectivity index (χ3n) is 4.10. The van der Waals surface area contributed by atoms with E-state index in [0.29, 0.717) is 12.5 Å². The standard InChI is InChI=1S/C18H19NO/c1-13-11-15-7-4-6-10-18(15)19(14(2)20)12-16-8-3-5-9-17(13)16/h3-10,13H,11-12H2,1-2H3. The monoisotopic (exact) mass is 265 g/mol. The number of para-hydroxylation sites is 1. The number of anilines is 1. The molecular weight excluding hydrogens is 246 g/mol.